The van der Waals surface area contributed by atoms with Crippen molar-refractivity contribution in [2.24, 2.45) is 0 Å². The van der Waals surface area contributed by atoms with Gasteiger partial charge in [0, 0.05) is 6.54 Å². The lowest BCUT2D eigenvalue weighted by molar-refractivity contribution is -0.172. The molecular weight excluding hydrogens is 295 g/mol. The molecule has 0 saturated heterocycles. The van der Waals surface area contributed by atoms with Gasteiger partial charge in [0.2, 0.25) is 0 Å². The van der Waals surface area contributed by atoms with Crippen LogP contribution in [0.15, 0.2) is 18.2 Å². The highest BCUT2D eigenvalue weighted by atomic mass is 19.4. The zero-order valence-corrected chi connectivity index (χ0v) is 9.91. The highest BCUT2D eigenvalue weighted by Crippen LogP contribution is 2.31. The molecule has 1 aromatic rings. The molecule has 1 N–H and O–H groups in total. The average Bonchev–Trinajstić information content (AvgIpc) is 2.28. The van der Waals surface area contributed by atoms with Gasteiger partial charge in [0.1, 0.15) is 12.4 Å². The van der Waals surface area contributed by atoms with E-state index in [1.54, 1.807) is 0 Å². The summed E-state index contributed by atoms with van der Waals surface area (Å²) in [5.41, 5.74) is -1.51. The number of nitrogens with one attached hydrogen (secondary N) is 1. The second-order valence-corrected chi connectivity index (χ2v) is 3.79. The van der Waals surface area contributed by atoms with E-state index in [0.29, 0.717) is 18.2 Å². The van der Waals surface area contributed by atoms with E-state index in [2.05, 4.69) is 10.1 Å². The first kappa shape index (κ1) is 16.5. The molecule has 1 rings (SSSR count). The number of hydrogen-bond donors (Lipinski definition) is 1. The Labute approximate surface area is 109 Å². The van der Waals surface area contributed by atoms with Gasteiger partial charge in [0.25, 0.3) is 0 Å². The van der Waals surface area contributed by atoms with Crippen LogP contribution >= 0.6 is 0 Å². The van der Waals surface area contributed by atoms with Gasteiger partial charge in [-0.1, -0.05) is 0 Å². The summed E-state index contributed by atoms with van der Waals surface area (Å²) in [5.74, 6) is -0.936. The lowest BCUT2D eigenvalue weighted by atomic mass is 10.2. The van der Waals surface area contributed by atoms with Gasteiger partial charge in [-0.25, -0.2) is 4.39 Å². The van der Waals surface area contributed by atoms with E-state index in [0.717, 1.165) is 0 Å². The maximum Gasteiger partial charge on any atom is 0.416 e. The molecule has 20 heavy (non-hydrogen) atoms. The summed E-state index contributed by atoms with van der Waals surface area (Å²) < 4.78 is 89.7. The van der Waals surface area contributed by atoms with Gasteiger partial charge < -0.3 is 10.1 Å². The molecule has 0 spiro atoms. The zero-order chi connectivity index (χ0) is 15.4. The second kappa shape index (κ2) is 6.29. The van der Waals surface area contributed by atoms with Crippen molar-refractivity contribution in [3.05, 3.63) is 29.6 Å². The molecule has 0 aliphatic rings. The normalized spacial score (nSPS) is 12.6. The monoisotopic (exact) mass is 305 g/mol. The van der Waals surface area contributed by atoms with Crippen molar-refractivity contribution in [3.8, 4) is 0 Å². The number of alkyl halides is 6. The van der Waals surface area contributed by atoms with Gasteiger partial charge in [-0.15, -0.1) is 0 Å². The molecule has 0 saturated carbocycles. The number of benzene rings is 1. The summed E-state index contributed by atoms with van der Waals surface area (Å²) in [6.45, 7) is -2.15. The van der Waals surface area contributed by atoms with Crippen molar-refractivity contribution < 1.29 is 35.5 Å². The number of anilines is 1. The number of ether oxygens (including phenoxy) is 1. The Balaban J connectivity index is 2.52. The summed E-state index contributed by atoms with van der Waals surface area (Å²) in [4.78, 5) is 0. The zero-order valence-electron chi connectivity index (χ0n) is 9.91. The van der Waals surface area contributed by atoms with E-state index < -0.39 is 42.6 Å². The third-order valence-corrected chi connectivity index (χ3v) is 2.12. The Kier molecular flexibility index (Phi) is 5.21. The van der Waals surface area contributed by atoms with E-state index in [4.69, 9.17) is 0 Å². The lowest BCUT2D eigenvalue weighted by Gasteiger charge is -2.12. The van der Waals surface area contributed by atoms with Crippen molar-refractivity contribution in [2.75, 3.05) is 25.1 Å². The summed E-state index contributed by atoms with van der Waals surface area (Å²) in [6.07, 6.45) is -9.11. The molecule has 0 amide bonds. The smallest absolute Gasteiger partial charge is 0.380 e. The quantitative estimate of drug-likeness (QED) is 0.659. The number of halogens is 7. The Morgan fingerprint density at radius 3 is 2.25 bits per heavy atom. The molecule has 0 aliphatic heterocycles. The SMILES string of the molecule is Fc1ccc(C(F)(F)F)cc1NCCOCC(F)(F)F. The van der Waals surface area contributed by atoms with Crippen LogP contribution in [0.1, 0.15) is 5.56 Å². The van der Waals surface area contributed by atoms with Crippen LogP contribution in [0.2, 0.25) is 0 Å². The van der Waals surface area contributed by atoms with Gasteiger partial charge in [0.15, 0.2) is 0 Å². The van der Waals surface area contributed by atoms with Crippen LogP contribution in [0, 0.1) is 5.82 Å². The Bertz CT molecular complexity index is 441. The van der Waals surface area contributed by atoms with E-state index in [1.165, 1.54) is 0 Å². The molecule has 0 radical (unpaired) electrons. The van der Waals surface area contributed by atoms with Crippen LogP contribution in [0.5, 0.6) is 0 Å². The summed E-state index contributed by atoms with van der Waals surface area (Å²) >= 11 is 0. The molecule has 0 aliphatic carbocycles. The van der Waals surface area contributed by atoms with Crippen molar-refractivity contribution >= 4 is 5.69 Å². The topological polar surface area (TPSA) is 21.3 Å². The highest BCUT2D eigenvalue weighted by Gasteiger charge is 2.31. The molecule has 0 fully saturated rings. The molecule has 0 unspecified atom stereocenters. The highest BCUT2D eigenvalue weighted by molar-refractivity contribution is 5.48. The van der Waals surface area contributed by atoms with Crippen LogP contribution in [0.3, 0.4) is 0 Å². The standard InChI is InChI=1S/C11H10F7NO/c12-8-2-1-7(11(16,17)18)5-9(8)19-3-4-20-6-10(13,14)15/h1-2,5,19H,3-4,6H2. The Morgan fingerprint density at radius 1 is 1.05 bits per heavy atom. The van der Waals surface area contributed by atoms with Crippen molar-refractivity contribution in [3.63, 3.8) is 0 Å². The molecule has 0 atom stereocenters. The predicted octanol–water partition coefficient (Wildman–Crippen LogP) is 3.84. The van der Waals surface area contributed by atoms with Gasteiger partial charge >= 0.3 is 12.4 Å². The van der Waals surface area contributed by atoms with Crippen molar-refractivity contribution in [1.82, 2.24) is 0 Å². The van der Waals surface area contributed by atoms with Crippen molar-refractivity contribution in [2.45, 2.75) is 12.4 Å². The first-order chi connectivity index (χ1) is 9.09. The van der Waals surface area contributed by atoms with Crippen molar-refractivity contribution in [1.29, 1.82) is 0 Å². The molecule has 2 nitrogen and oxygen atoms in total. The van der Waals surface area contributed by atoms with Crippen LogP contribution in [-0.4, -0.2) is 25.9 Å². The van der Waals surface area contributed by atoms with Gasteiger partial charge in [-0.2, -0.15) is 26.3 Å². The van der Waals surface area contributed by atoms with Gasteiger partial charge in [-0.05, 0) is 18.2 Å². The molecule has 1 aromatic carbocycles. The summed E-state index contributed by atoms with van der Waals surface area (Å²) in [5, 5.41) is 2.24. The number of hydrogen-bond acceptors (Lipinski definition) is 2. The third-order valence-electron chi connectivity index (χ3n) is 2.12. The van der Waals surface area contributed by atoms with E-state index in [1.807, 2.05) is 0 Å². The van der Waals surface area contributed by atoms with Crippen LogP contribution < -0.4 is 5.32 Å². The predicted molar refractivity (Wildman–Crippen MR) is 56.8 cm³/mol. The first-order valence-electron chi connectivity index (χ1n) is 5.35. The van der Waals surface area contributed by atoms with Crippen LogP contribution in [-0.2, 0) is 10.9 Å². The summed E-state index contributed by atoms with van der Waals surface area (Å²) in [7, 11) is 0. The molecule has 0 bridgehead atoms. The fourth-order valence-electron chi connectivity index (χ4n) is 1.28. The number of rotatable bonds is 5. The Hall–Kier alpha value is -1.51. The molecule has 0 heterocycles. The molecule has 114 valence electrons. The minimum Gasteiger partial charge on any atom is -0.380 e. The van der Waals surface area contributed by atoms with Crippen LogP contribution in [0.4, 0.5) is 36.4 Å². The second-order valence-electron chi connectivity index (χ2n) is 3.79. The minimum absolute atomic E-state index is 0.256. The third kappa shape index (κ3) is 5.64. The maximum absolute atomic E-state index is 13.2. The molecule has 0 aromatic heterocycles. The van der Waals surface area contributed by atoms with Gasteiger partial charge in [-0.3, -0.25) is 0 Å². The fraction of sp³-hybridized carbons (Fsp3) is 0.455. The maximum atomic E-state index is 13.2. The van der Waals surface area contributed by atoms with E-state index >= 15 is 0 Å². The molecular formula is C11H10F7NO. The fourth-order valence-corrected chi connectivity index (χ4v) is 1.28. The van der Waals surface area contributed by atoms with E-state index in [-0.39, 0.29) is 6.54 Å². The molecule has 9 heteroatoms. The average molecular weight is 305 g/mol. The van der Waals surface area contributed by atoms with E-state index in [9.17, 15) is 30.7 Å². The minimum atomic E-state index is -4.63. The largest absolute Gasteiger partial charge is 0.416 e. The summed E-state index contributed by atoms with van der Waals surface area (Å²) in [6, 6.07) is 1.74. The van der Waals surface area contributed by atoms with Crippen LogP contribution in [0.25, 0.3) is 0 Å². The first-order valence-corrected chi connectivity index (χ1v) is 5.35. The lowest BCUT2D eigenvalue weighted by Crippen LogP contribution is -2.20. The van der Waals surface area contributed by atoms with Gasteiger partial charge in [0.05, 0.1) is 17.9 Å². The Morgan fingerprint density at radius 2 is 1.70 bits per heavy atom.